The van der Waals surface area contributed by atoms with Gasteiger partial charge >= 0.3 is 0 Å². The number of ether oxygens (including phenoxy) is 1. The van der Waals surface area contributed by atoms with E-state index in [4.69, 9.17) is 4.74 Å². The number of aryl methyl sites for hydroxylation is 1. The predicted molar refractivity (Wildman–Crippen MR) is 111 cm³/mol. The van der Waals surface area contributed by atoms with Crippen LogP contribution in [-0.4, -0.2) is 21.9 Å². The zero-order valence-corrected chi connectivity index (χ0v) is 15.8. The van der Waals surface area contributed by atoms with Crippen molar-refractivity contribution in [2.45, 2.75) is 13.8 Å². The lowest BCUT2D eigenvalue weighted by molar-refractivity contribution is -0.118. The minimum Gasteiger partial charge on any atom is -0.483 e. The van der Waals surface area contributed by atoms with E-state index in [-0.39, 0.29) is 12.5 Å². The van der Waals surface area contributed by atoms with Gasteiger partial charge < -0.3 is 14.5 Å². The van der Waals surface area contributed by atoms with Crippen molar-refractivity contribution in [3.8, 4) is 17.0 Å². The summed E-state index contributed by atoms with van der Waals surface area (Å²) in [5, 5.41) is 2.86. The van der Waals surface area contributed by atoms with E-state index in [1.54, 1.807) is 0 Å². The molecule has 0 aliphatic rings. The van der Waals surface area contributed by atoms with Gasteiger partial charge in [-0.1, -0.05) is 30.3 Å². The quantitative estimate of drug-likeness (QED) is 0.556. The topological polar surface area (TPSA) is 55.6 Å². The number of imidazole rings is 1. The number of anilines is 1. The summed E-state index contributed by atoms with van der Waals surface area (Å²) in [6.45, 7) is 3.98. The molecule has 0 saturated heterocycles. The molecule has 0 saturated carbocycles. The summed E-state index contributed by atoms with van der Waals surface area (Å²) in [6.07, 6.45) is 3.96. The molecule has 0 atom stereocenters. The number of hydrogen-bond donors (Lipinski definition) is 1. The van der Waals surface area contributed by atoms with Crippen LogP contribution in [0.3, 0.4) is 0 Å². The van der Waals surface area contributed by atoms with Crippen molar-refractivity contribution in [3.63, 3.8) is 0 Å². The van der Waals surface area contributed by atoms with Crippen LogP contribution in [0.1, 0.15) is 11.1 Å². The van der Waals surface area contributed by atoms with Crippen LogP contribution >= 0.6 is 0 Å². The average molecular weight is 371 g/mol. The molecule has 0 bridgehead atoms. The largest absolute Gasteiger partial charge is 0.483 e. The van der Waals surface area contributed by atoms with Gasteiger partial charge in [0.1, 0.15) is 11.4 Å². The molecule has 2 heterocycles. The molecular weight excluding hydrogens is 350 g/mol. The number of carbonyl (C=O) groups is 1. The Morgan fingerprint density at radius 3 is 2.64 bits per heavy atom. The molecule has 0 radical (unpaired) electrons. The second kappa shape index (κ2) is 7.56. The molecule has 1 amide bonds. The number of pyridine rings is 1. The molecule has 0 unspecified atom stereocenters. The van der Waals surface area contributed by atoms with Crippen LogP contribution in [0.2, 0.25) is 0 Å². The first-order chi connectivity index (χ1) is 13.6. The van der Waals surface area contributed by atoms with Gasteiger partial charge in [0.05, 0.1) is 5.69 Å². The van der Waals surface area contributed by atoms with Gasteiger partial charge in [0.25, 0.3) is 5.91 Å². The lowest BCUT2D eigenvalue weighted by Gasteiger charge is -2.11. The monoisotopic (exact) mass is 371 g/mol. The molecule has 2 aromatic carbocycles. The van der Waals surface area contributed by atoms with Crippen LogP contribution in [0.5, 0.6) is 5.75 Å². The number of carbonyl (C=O) groups excluding carboxylic acids is 1. The van der Waals surface area contributed by atoms with Gasteiger partial charge in [0, 0.05) is 23.6 Å². The SMILES string of the molecule is Cc1cccc(OCC(=O)Nc2ccc(-c3cn4ccccc4n3)cc2)c1C. The summed E-state index contributed by atoms with van der Waals surface area (Å²) in [5.41, 5.74) is 5.70. The fraction of sp³-hybridized carbons (Fsp3) is 0.130. The fourth-order valence-corrected chi connectivity index (χ4v) is 3.02. The summed E-state index contributed by atoms with van der Waals surface area (Å²) < 4.78 is 7.64. The Bertz CT molecular complexity index is 1100. The Morgan fingerprint density at radius 1 is 1.04 bits per heavy atom. The van der Waals surface area contributed by atoms with Crippen LogP contribution < -0.4 is 10.1 Å². The van der Waals surface area contributed by atoms with Gasteiger partial charge in [-0.2, -0.15) is 0 Å². The molecule has 2 aromatic heterocycles. The van der Waals surface area contributed by atoms with Gasteiger partial charge in [-0.3, -0.25) is 4.79 Å². The van der Waals surface area contributed by atoms with Gasteiger partial charge in [-0.15, -0.1) is 0 Å². The van der Waals surface area contributed by atoms with Crippen LogP contribution in [0.4, 0.5) is 5.69 Å². The second-order valence-electron chi connectivity index (χ2n) is 6.70. The first-order valence-corrected chi connectivity index (χ1v) is 9.13. The third-order valence-corrected chi connectivity index (χ3v) is 4.74. The van der Waals surface area contributed by atoms with Crippen LogP contribution in [-0.2, 0) is 4.79 Å². The highest BCUT2D eigenvalue weighted by atomic mass is 16.5. The van der Waals surface area contributed by atoms with E-state index < -0.39 is 0 Å². The number of aromatic nitrogens is 2. The zero-order valence-electron chi connectivity index (χ0n) is 15.8. The minimum atomic E-state index is -0.193. The van der Waals surface area contributed by atoms with E-state index in [9.17, 15) is 4.79 Å². The summed E-state index contributed by atoms with van der Waals surface area (Å²) in [4.78, 5) is 16.8. The predicted octanol–water partition coefficient (Wildman–Crippen LogP) is 4.64. The molecule has 28 heavy (non-hydrogen) atoms. The highest BCUT2D eigenvalue weighted by molar-refractivity contribution is 5.92. The molecule has 0 spiro atoms. The molecule has 5 nitrogen and oxygen atoms in total. The van der Waals surface area contributed by atoms with Crippen molar-refractivity contribution < 1.29 is 9.53 Å². The Balaban J connectivity index is 1.40. The van der Waals surface area contributed by atoms with Crippen molar-refractivity contribution in [1.82, 2.24) is 9.38 Å². The maximum Gasteiger partial charge on any atom is 0.262 e. The van der Waals surface area contributed by atoms with Crippen molar-refractivity contribution in [2.24, 2.45) is 0 Å². The highest BCUT2D eigenvalue weighted by Gasteiger charge is 2.08. The lowest BCUT2D eigenvalue weighted by Crippen LogP contribution is -2.20. The Labute approximate surface area is 163 Å². The number of hydrogen-bond acceptors (Lipinski definition) is 3. The third kappa shape index (κ3) is 3.74. The summed E-state index contributed by atoms with van der Waals surface area (Å²) in [5.74, 6) is 0.540. The van der Waals surface area contributed by atoms with Crippen LogP contribution in [0, 0.1) is 13.8 Å². The number of rotatable bonds is 5. The maximum absolute atomic E-state index is 12.2. The Morgan fingerprint density at radius 2 is 1.86 bits per heavy atom. The molecule has 0 aliphatic heterocycles. The van der Waals surface area contributed by atoms with Crippen molar-refractivity contribution in [1.29, 1.82) is 0 Å². The fourth-order valence-electron chi connectivity index (χ4n) is 3.02. The van der Waals surface area contributed by atoms with E-state index in [0.29, 0.717) is 0 Å². The molecule has 0 fully saturated rings. The normalized spacial score (nSPS) is 10.8. The Hall–Kier alpha value is -3.60. The number of amides is 1. The smallest absolute Gasteiger partial charge is 0.262 e. The third-order valence-electron chi connectivity index (χ3n) is 4.74. The van der Waals surface area contributed by atoms with Gasteiger partial charge in [-0.25, -0.2) is 4.98 Å². The molecule has 4 rings (SSSR count). The van der Waals surface area contributed by atoms with E-state index in [1.807, 2.05) is 91.3 Å². The van der Waals surface area contributed by atoms with E-state index in [2.05, 4.69) is 10.3 Å². The van der Waals surface area contributed by atoms with E-state index in [1.165, 1.54) is 0 Å². The Kier molecular flexibility index (Phi) is 4.81. The van der Waals surface area contributed by atoms with E-state index >= 15 is 0 Å². The zero-order chi connectivity index (χ0) is 19.5. The number of benzene rings is 2. The van der Waals surface area contributed by atoms with Crippen molar-refractivity contribution in [2.75, 3.05) is 11.9 Å². The second-order valence-corrected chi connectivity index (χ2v) is 6.70. The summed E-state index contributed by atoms with van der Waals surface area (Å²) in [7, 11) is 0. The van der Waals surface area contributed by atoms with Crippen molar-refractivity contribution >= 4 is 17.2 Å². The number of nitrogens with zero attached hydrogens (tertiary/aromatic N) is 2. The molecule has 140 valence electrons. The first kappa shape index (κ1) is 17.8. The van der Waals surface area contributed by atoms with Gasteiger partial charge in [0.15, 0.2) is 6.61 Å². The standard InChI is InChI=1S/C23H21N3O2/c1-16-6-5-7-21(17(16)2)28-15-23(27)24-19-11-9-18(10-12-19)20-14-26-13-4-3-8-22(26)25-20/h3-14H,15H2,1-2H3,(H,24,27). The first-order valence-electron chi connectivity index (χ1n) is 9.13. The van der Waals surface area contributed by atoms with Crippen LogP contribution in [0.15, 0.2) is 73.1 Å². The molecular formula is C23H21N3O2. The molecule has 1 N–H and O–H groups in total. The van der Waals surface area contributed by atoms with Gasteiger partial charge in [-0.05, 0) is 55.3 Å². The lowest BCUT2D eigenvalue weighted by atomic mass is 10.1. The van der Waals surface area contributed by atoms with E-state index in [0.717, 1.165) is 39.5 Å². The minimum absolute atomic E-state index is 0.0293. The maximum atomic E-state index is 12.2. The number of nitrogens with one attached hydrogen (secondary N) is 1. The van der Waals surface area contributed by atoms with Crippen molar-refractivity contribution in [3.05, 3.63) is 84.2 Å². The highest BCUT2D eigenvalue weighted by Crippen LogP contribution is 2.22. The molecule has 0 aliphatic carbocycles. The van der Waals surface area contributed by atoms with Gasteiger partial charge in [0.2, 0.25) is 0 Å². The summed E-state index contributed by atoms with van der Waals surface area (Å²) in [6, 6.07) is 19.4. The number of fused-ring (bicyclic) bond motifs is 1. The summed E-state index contributed by atoms with van der Waals surface area (Å²) >= 11 is 0. The average Bonchev–Trinajstić information content (AvgIpc) is 3.14. The van der Waals surface area contributed by atoms with Crippen LogP contribution in [0.25, 0.3) is 16.9 Å². The molecule has 4 aromatic rings. The molecule has 5 heteroatoms.